The molecule has 1 atom stereocenters. The zero-order chi connectivity index (χ0) is 20.9. The molecular weight excluding hydrogens is 462 g/mol. The van der Waals surface area contributed by atoms with Gasteiger partial charge < -0.3 is 10.2 Å². The van der Waals surface area contributed by atoms with Crippen molar-refractivity contribution in [1.82, 2.24) is 15.2 Å². The van der Waals surface area contributed by atoms with Crippen LogP contribution in [0.15, 0.2) is 64.5 Å². The maximum Gasteiger partial charge on any atom is 0.254 e. The SMILES string of the molecule is O=C(NCCc1csc(-c2ccccc2)n1)[C@H]1CCCN1C(=O)c1ccc(Br)cc1. The van der Waals surface area contributed by atoms with Crippen LogP contribution < -0.4 is 5.32 Å². The van der Waals surface area contributed by atoms with Gasteiger partial charge >= 0.3 is 0 Å². The van der Waals surface area contributed by atoms with E-state index >= 15 is 0 Å². The number of benzene rings is 2. The molecule has 1 aromatic heterocycles. The fraction of sp³-hybridized carbons (Fsp3) is 0.261. The van der Waals surface area contributed by atoms with Gasteiger partial charge in [0.05, 0.1) is 5.69 Å². The van der Waals surface area contributed by atoms with Crippen LogP contribution in [0.3, 0.4) is 0 Å². The van der Waals surface area contributed by atoms with Crippen LogP contribution >= 0.6 is 27.3 Å². The standard InChI is InChI=1S/C23H22BrN3O2S/c24-18-10-8-17(9-11-18)23(29)27-14-4-7-20(27)21(28)25-13-12-19-15-30-22(26-19)16-5-2-1-3-6-16/h1-3,5-6,8-11,15,20H,4,7,12-14H2,(H,25,28)/t20-/m1/s1. The largest absolute Gasteiger partial charge is 0.354 e. The number of carbonyl (C=O) groups is 2. The van der Waals surface area contributed by atoms with E-state index in [1.807, 2.05) is 47.8 Å². The molecule has 1 fully saturated rings. The van der Waals surface area contributed by atoms with E-state index in [4.69, 9.17) is 0 Å². The molecule has 3 aromatic rings. The highest BCUT2D eigenvalue weighted by molar-refractivity contribution is 9.10. The maximum atomic E-state index is 12.8. The minimum atomic E-state index is -0.406. The number of carbonyl (C=O) groups excluding carboxylic acids is 2. The molecule has 1 saturated heterocycles. The van der Waals surface area contributed by atoms with Gasteiger partial charge in [-0.1, -0.05) is 46.3 Å². The van der Waals surface area contributed by atoms with E-state index < -0.39 is 6.04 Å². The van der Waals surface area contributed by atoms with Crippen LogP contribution in [0.1, 0.15) is 28.9 Å². The van der Waals surface area contributed by atoms with Crippen LogP contribution in [0.2, 0.25) is 0 Å². The molecule has 1 aliphatic rings. The Bertz CT molecular complexity index is 1020. The predicted molar refractivity (Wildman–Crippen MR) is 122 cm³/mol. The lowest BCUT2D eigenvalue weighted by atomic mass is 10.1. The Hall–Kier alpha value is -2.51. The summed E-state index contributed by atoms with van der Waals surface area (Å²) in [5, 5.41) is 6.01. The zero-order valence-electron chi connectivity index (χ0n) is 16.4. The normalized spacial score (nSPS) is 15.9. The molecule has 1 N–H and O–H groups in total. The number of halogens is 1. The van der Waals surface area contributed by atoms with Crippen molar-refractivity contribution >= 4 is 39.1 Å². The van der Waals surface area contributed by atoms with Gasteiger partial charge in [-0.3, -0.25) is 9.59 Å². The Balaban J connectivity index is 1.32. The quantitative estimate of drug-likeness (QED) is 0.559. The number of nitrogens with one attached hydrogen (secondary N) is 1. The highest BCUT2D eigenvalue weighted by Crippen LogP contribution is 2.24. The summed E-state index contributed by atoms with van der Waals surface area (Å²) in [6.07, 6.45) is 2.21. The van der Waals surface area contributed by atoms with Gasteiger partial charge in [0.25, 0.3) is 5.91 Å². The van der Waals surface area contributed by atoms with Crippen molar-refractivity contribution in [2.75, 3.05) is 13.1 Å². The van der Waals surface area contributed by atoms with Crippen molar-refractivity contribution in [2.45, 2.75) is 25.3 Å². The van der Waals surface area contributed by atoms with Crippen molar-refractivity contribution in [1.29, 1.82) is 0 Å². The minimum absolute atomic E-state index is 0.0866. The van der Waals surface area contributed by atoms with E-state index in [9.17, 15) is 9.59 Å². The number of amides is 2. The number of nitrogens with zero attached hydrogens (tertiary/aromatic N) is 2. The zero-order valence-corrected chi connectivity index (χ0v) is 18.8. The molecule has 0 aliphatic carbocycles. The Morgan fingerprint density at radius 2 is 1.90 bits per heavy atom. The summed E-state index contributed by atoms with van der Waals surface area (Å²) < 4.78 is 0.923. The number of hydrogen-bond acceptors (Lipinski definition) is 4. The third-order valence-corrected chi connectivity index (χ3v) is 6.63. The topological polar surface area (TPSA) is 62.3 Å². The van der Waals surface area contributed by atoms with Crippen LogP contribution in [0.4, 0.5) is 0 Å². The minimum Gasteiger partial charge on any atom is -0.354 e. The van der Waals surface area contributed by atoms with Crippen molar-refractivity contribution in [3.63, 3.8) is 0 Å². The van der Waals surface area contributed by atoms with Crippen molar-refractivity contribution in [3.8, 4) is 10.6 Å². The molecule has 2 aromatic carbocycles. The van der Waals surface area contributed by atoms with Gasteiger partial charge in [-0.2, -0.15) is 0 Å². The Labute approximate surface area is 188 Å². The van der Waals surface area contributed by atoms with Gasteiger partial charge in [0.1, 0.15) is 11.0 Å². The lowest BCUT2D eigenvalue weighted by Crippen LogP contribution is -2.46. The van der Waals surface area contributed by atoms with Crippen molar-refractivity contribution < 1.29 is 9.59 Å². The summed E-state index contributed by atoms with van der Waals surface area (Å²) in [5.74, 6) is -0.177. The molecular formula is C23H22BrN3O2S. The van der Waals surface area contributed by atoms with Crippen LogP contribution in [-0.4, -0.2) is 40.8 Å². The third-order valence-electron chi connectivity index (χ3n) is 5.16. The maximum absolute atomic E-state index is 12.8. The summed E-state index contributed by atoms with van der Waals surface area (Å²) in [7, 11) is 0. The van der Waals surface area contributed by atoms with E-state index in [-0.39, 0.29) is 11.8 Å². The predicted octanol–water partition coefficient (Wildman–Crippen LogP) is 4.54. The Morgan fingerprint density at radius 1 is 1.13 bits per heavy atom. The molecule has 5 nitrogen and oxygen atoms in total. The fourth-order valence-corrected chi connectivity index (χ4v) is 4.73. The summed E-state index contributed by atoms with van der Waals surface area (Å²) in [5.41, 5.74) is 2.67. The Morgan fingerprint density at radius 3 is 2.67 bits per heavy atom. The number of rotatable bonds is 6. The summed E-state index contributed by atoms with van der Waals surface area (Å²) >= 11 is 4.99. The molecule has 0 radical (unpaired) electrons. The van der Waals surface area contributed by atoms with Crippen LogP contribution in [-0.2, 0) is 11.2 Å². The lowest BCUT2D eigenvalue weighted by Gasteiger charge is -2.24. The molecule has 2 amide bonds. The molecule has 1 aliphatic heterocycles. The third kappa shape index (κ3) is 4.79. The summed E-state index contributed by atoms with van der Waals surface area (Å²) in [6, 6.07) is 16.9. The van der Waals surface area contributed by atoms with Gasteiger partial charge in [0, 0.05) is 40.5 Å². The molecule has 0 saturated carbocycles. The van der Waals surface area contributed by atoms with E-state index in [1.165, 1.54) is 0 Å². The molecule has 2 heterocycles. The second-order valence-electron chi connectivity index (χ2n) is 7.21. The number of likely N-dealkylation sites (tertiary alicyclic amines) is 1. The van der Waals surface area contributed by atoms with Crippen LogP contribution in [0.5, 0.6) is 0 Å². The number of thiazole rings is 1. The van der Waals surface area contributed by atoms with Crippen molar-refractivity contribution in [3.05, 3.63) is 75.7 Å². The molecule has 7 heteroatoms. The monoisotopic (exact) mass is 483 g/mol. The molecule has 30 heavy (non-hydrogen) atoms. The summed E-state index contributed by atoms with van der Waals surface area (Å²) in [4.78, 5) is 31.9. The van der Waals surface area contributed by atoms with Crippen LogP contribution in [0.25, 0.3) is 10.6 Å². The molecule has 4 rings (SSSR count). The summed E-state index contributed by atoms with van der Waals surface area (Å²) in [6.45, 7) is 1.12. The first-order valence-corrected chi connectivity index (χ1v) is 11.6. The second kappa shape index (κ2) is 9.53. The second-order valence-corrected chi connectivity index (χ2v) is 8.99. The molecule has 0 unspecified atom stereocenters. The van der Waals surface area contributed by atoms with Crippen LogP contribution in [0, 0.1) is 0 Å². The van der Waals surface area contributed by atoms with E-state index in [2.05, 4.69) is 26.2 Å². The van der Waals surface area contributed by atoms with Gasteiger partial charge in [-0.25, -0.2) is 4.98 Å². The lowest BCUT2D eigenvalue weighted by molar-refractivity contribution is -0.124. The fourth-order valence-electron chi connectivity index (χ4n) is 3.61. The number of hydrogen-bond donors (Lipinski definition) is 1. The average Bonchev–Trinajstić information content (AvgIpc) is 3.44. The molecule has 0 spiro atoms. The first kappa shape index (κ1) is 20.8. The first-order valence-electron chi connectivity index (χ1n) is 9.96. The van der Waals surface area contributed by atoms with E-state index in [1.54, 1.807) is 28.4 Å². The van der Waals surface area contributed by atoms with Gasteiger partial charge in [-0.05, 0) is 37.1 Å². The van der Waals surface area contributed by atoms with E-state index in [0.717, 1.165) is 27.2 Å². The smallest absolute Gasteiger partial charge is 0.254 e. The van der Waals surface area contributed by atoms with Gasteiger partial charge in [0.2, 0.25) is 5.91 Å². The van der Waals surface area contributed by atoms with E-state index in [0.29, 0.717) is 31.5 Å². The molecule has 154 valence electrons. The van der Waals surface area contributed by atoms with Crippen molar-refractivity contribution in [2.24, 2.45) is 0 Å². The highest BCUT2D eigenvalue weighted by Gasteiger charge is 2.34. The Kier molecular flexibility index (Phi) is 6.59. The molecule has 0 bridgehead atoms. The van der Waals surface area contributed by atoms with Gasteiger partial charge in [-0.15, -0.1) is 11.3 Å². The average molecular weight is 484 g/mol. The number of aromatic nitrogens is 1. The first-order chi connectivity index (χ1) is 14.6. The van der Waals surface area contributed by atoms with Gasteiger partial charge in [0.15, 0.2) is 0 Å². The highest BCUT2D eigenvalue weighted by atomic mass is 79.9.